The Balaban J connectivity index is 2.35. The number of rotatable bonds is 8. The van der Waals surface area contributed by atoms with E-state index in [4.69, 9.17) is 27.9 Å². The quantitative estimate of drug-likeness (QED) is 0.365. The number of hydrogen-bond acceptors (Lipinski definition) is 5. The third-order valence-electron chi connectivity index (χ3n) is 6.74. The van der Waals surface area contributed by atoms with E-state index in [1.165, 1.54) is 58.0 Å². The number of carbonyl (C=O) groups excluding carboxylic acids is 1. The maximum atomic E-state index is 14.1. The Morgan fingerprint density at radius 2 is 1.68 bits per heavy atom. The molecule has 2 aromatic rings. The summed E-state index contributed by atoms with van der Waals surface area (Å²) in [5.74, 6) is -3.52. The van der Waals surface area contributed by atoms with Crippen molar-refractivity contribution in [2.45, 2.75) is 75.2 Å². The highest BCUT2D eigenvalue weighted by Crippen LogP contribution is 2.49. The number of nitrogens with zero attached hydrogens (tertiary/aromatic N) is 1. The number of carboxylic acids is 1. The van der Waals surface area contributed by atoms with Crippen LogP contribution in [-0.2, 0) is 24.2 Å². The summed E-state index contributed by atoms with van der Waals surface area (Å²) in [6.45, 7) is 5.24. The highest BCUT2D eigenvalue weighted by molar-refractivity contribution is 7.92. The number of carbonyl (C=O) groups is 2. The number of hydrogen-bond donors (Lipinski definition) is 1. The molecule has 1 fully saturated rings. The molecule has 2 aromatic carbocycles. The van der Waals surface area contributed by atoms with E-state index in [0.29, 0.717) is 16.1 Å². The summed E-state index contributed by atoms with van der Waals surface area (Å²) in [6, 6.07) is 8.97. The molecule has 1 heterocycles. The van der Waals surface area contributed by atoms with E-state index in [9.17, 15) is 36.3 Å². The third-order valence-corrected chi connectivity index (χ3v) is 9.92. The van der Waals surface area contributed by atoms with Crippen LogP contribution in [0, 0.1) is 0 Å². The van der Waals surface area contributed by atoms with Crippen LogP contribution >= 0.6 is 23.2 Å². The lowest BCUT2D eigenvalue weighted by Crippen LogP contribution is -2.62. The Hall–Kier alpha value is -2.34. The second-order valence-corrected chi connectivity index (χ2v) is 14.6. The van der Waals surface area contributed by atoms with E-state index in [0.717, 1.165) is 4.90 Å². The summed E-state index contributed by atoms with van der Waals surface area (Å²) in [7, 11) is -4.20. The smallest absolute Gasteiger partial charge is 0.391 e. The topological polar surface area (TPSA) is 101 Å². The molecular weight excluding hydrogens is 594 g/mol. The highest BCUT2D eigenvalue weighted by atomic mass is 35.5. The van der Waals surface area contributed by atoms with E-state index in [2.05, 4.69) is 0 Å². The summed E-state index contributed by atoms with van der Waals surface area (Å²) in [6.07, 6.45) is -8.60. The molecule has 4 unspecified atom stereocenters. The SMILES string of the molecule is CC1(CC(=O)O)OC(c2cccc(Cl)c2)C(c2ccc(Cl)cc2)N(C(CC(F)(F)F)CS(=O)(=O)C(C)(C)C)C1=O. The fraction of sp³-hybridized carbons (Fsp3) is 0.481. The van der Waals surface area contributed by atoms with Crippen LogP contribution in [0.5, 0.6) is 0 Å². The average Bonchev–Trinajstić information content (AvgIpc) is 2.78. The van der Waals surface area contributed by atoms with Crippen molar-refractivity contribution in [3.8, 4) is 0 Å². The Bertz CT molecular complexity index is 1360. The first kappa shape index (κ1) is 32.2. The molecule has 40 heavy (non-hydrogen) atoms. The summed E-state index contributed by atoms with van der Waals surface area (Å²) in [4.78, 5) is 26.7. The van der Waals surface area contributed by atoms with Crippen molar-refractivity contribution in [3.63, 3.8) is 0 Å². The molecule has 0 bridgehead atoms. The predicted octanol–water partition coefficient (Wildman–Crippen LogP) is 6.40. The van der Waals surface area contributed by atoms with Crippen molar-refractivity contribution in [2.75, 3.05) is 5.75 Å². The van der Waals surface area contributed by atoms with Crippen molar-refractivity contribution in [2.24, 2.45) is 0 Å². The second kappa shape index (κ2) is 11.5. The number of alkyl halides is 3. The number of morpholine rings is 1. The lowest BCUT2D eigenvalue weighted by molar-refractivity contribution is -0.212. The van der Waals surface area contributed by atoms with Gasteiger partial charge in [-0.15, -0.1) is 0 Å². The molecule has 0 spiro atoms. The Labute approximate surface area is 241 Å². The minimum Gasteiger partial charge on any atom is -0.481 e. The van der Waals surface area contributed by atoms with Gasteiger partial charge < -0.3 is 14.7 Å². The zero-order valence-electron chi connectivity index (χ0n) is 22.2. The highest BCUT2D eigenvalue weighted by Gasteiger charge is 2.55. The molecule has 0 radical (unpaired) electrons. The van der Waals surface area contributed by atoms with Gasteiger partial charge in [-0.1, -0.05) is 47.5 Å². The first-order valence-corrected chi connectivity index (χ1v) is 14.7. The van der Waals surface area contributed by atoms with Crippen LogP contribution in [-0.4, -0.2) is 58.6 Å². The van der Waals surface area contributed by atoms with Gasteiger partial charge in [0.25, 0.3) is 5.91 Å². The van der Waals surface area contributed by atoms with Crippen LogP contribution in [0.2, 0.25) is 10.0 Å². The minimum absolute atomic E-state index is 0.265. The van der Waals surface area contributed by atoms with Crippen LogP contribution < -0.4 is 0 Å². The molecule has 1 saturated heterocycles. The van der Waals surface area contributed by atoms with Crippen LogP contribution in [0.25, 0.3) is 0 Å². The van der Waals surface area contributed by atoms with Gasteiger partial charge in [0.05, 0.1) is 35.4 Å². The molecule has 1 N–H and O–H groups in total. The van der Waals surface area contributed by atoms with Crippen molar-refractivity contribution in [3.05, 3.63) is 69.7 Å². The largest absolute Gasteiger partial charge is 0.481 e. The van der Waals surface area contributed by atoms with Gasteiger partial charge in [-0.3, -0.25) is 9.59 Å². The van der Waals surface area contributed by atoms with E-state index in [1.807, 2.05) is 0 Å². The van der Waals surface area contributed by atoms with Crippen LogP contribution in [0.1, 0.15) is 63.8 Å². The zero-order valence-corrected chi connectivity index (χ0v) is 24.5. The number of sulfone groups is 1. The third kappa shape index (κ3) is 7.29. The average molecular weight is 625 g/mol. The van der Waals surface area contributed by atoms with E-state index < -0.39 is 75.0 Å². The molecule has 220 valence electrons. The van der Waals surface area contributed by atoms with Gasteiger partial charge >= 0.3 is 12.1 Å². The number of halogens is 5. The lowest BCUT2D eigenvalue weighted by Gasteiger charge is -2.51. The zero-order chi connectivity index (χ0) is 30.3. The summed E-state index contributed by atoms with van der Waals surface area (Å²) in [5.41, 5.74) is -1.47. The number of amides is 1. The first-order chi connectivity index (χ1) is 18.2. The van der Waals surface area contributed by atoms with Gasteiger partial charge in [-0.25, -0.2) is 8.42 Å². The van der Waals surface area contributed by atoms with Crippen LogP contribution in [0.3, 0.4) is 0 Å². The van der Waals surface area contributed by atoms with E-state index >= 15 is 0 Å². The van der Waals surface area contributed by atoms with Gasteiger partial charge in [0.15, 0.2) is 15.4 Å². The maximum Gasteiger partial charge on any atom is 0.391 e. The fourth-order valence-corrected chi connectivity index (χ4v) is 6.29. The monoisotopic (exact) mass is 623 g/mol. The second-order valence-electron chi connectivity index (χ2n) is 11.0. The molecular formula is C27H30Cl2F3NO6S. The number of benzene rings is 2. The van der Waals surface area contributed by atoms with Crippen LogP contribution in [0.4, 0.5) is 13.2 Å². The fourth-order valence-electron chi connectivity index (χ4n) is 4.68. The van der Waals surface area contributed by atoms with Crippen LogP contribution in [0.15, 0.2) is 48.5 Å². The lowest BCUT2D eigenvalue weighted by atomic mass is 9.86. The molecule has 1 amide bonds. The Morgan fingerprint density at radius 1 is 1.07 bits per heavy atom. The van der Waals surface area contributed by atoms with Gasteiger partial charge in [0, 0.05) is 10.0 Å². The number of carboxylic acid groups (broad SMARTS) is 1. The molecule has 3 rings (SSSR count). The van der Waals surface area contributed by atoms with Crippen molar-refractivity contribution in [1.82, 2.24) is 4.90 Å². The maximum absolute atomic E-state index is 14.1. The number of ether oxygens (including phenoxy) is 1. The molecule has 0 saturated carbocycles. The molecule has 0 aliphatic carbocycles. The first-order valence-electron chi connectivity index (χ1n) is 12.3. The van der Waals surface area contributed by atoms with E-state index in [1.54, 1.807) is 18.2 Å². The van der Waals surface area contributed by atoms with E-state index in [-0.39, 0.29) is 5.02 Å². The summed E-state index contributed by atoms with van der Waals surface area (Å²) in [5, 5.41) is 10.2. The molecule has 1 aliphatic rings. The Morgan fingerprint density at radius 3 is 2.17 bits per heavy atom. The molecule has 1 aliphatic heterocycles. The molecule has 0 aromatic heterocycles. The van der Waals surface area contributed by atoms with Gasteiger partial charge in [0.2, 0.25) is 0 Å². The molecule has 7 nitrogen and oxygen atoms in total. The van der Waals surface area contributed by atoms with Crippen molar-refractivity contribution < 1.29 is 41.0 Å². The van der Waals surface area contributed by atoms with Gasteiger partial charge in [-0.05, 0) is 63.1 Å². The minimum atomic E-state index is -4.87. The predicted molar refractivity (Wildman–Crippen MR) is 145 cm³/mol. The van der Waals surface area contributed by atoms with Crippen molar-refractivity contribution >= 4 is 44.9 Å². The standard InChI is InChI=1S/C27H30Cl2F3NO6S/c1-25(2,3)40(37,38)15-20(13-27(30,31)32)33-22(16-8-10-18(28)11-9-16)23(17-6-5-7-19(29)12-17)39-26(4,24(33)36)14-21(34)35/h5-12,20,22-23H,13-15H2,1-4H3,(H,34,35). The summed E-state index contributed by atoms with van der Waals surface area (Å²) >= 11 is 12.3. The van der Waals surface area contributed by atoms with Gasteiger partial charge in [-0.2, -0.15) is 13.2 Å². The normalized spacial score (nSPS) is 23.2. The Kier molecular flexibility index (Phi) is 9.25. The van der Waals surface area contributed by atoms with Gasteiger partial charge in [0.1, 0.15) is 6.10 Å². The molecule has 13 heteroatoms. The molecule has 4 atom stereocenters. The number of aliphatic carboxylic acids is 1. The van der Waals surface area contributed by atoms with Crippen molar-refractivity contribution in [1.29, 1.82) is 0 Å². The summed E-state index contributed by atoms with van der Waals surface area (Å²) < 4.78 is 73.3.